The molecule has 130 valence electrons. The van der Waals surface area contributed by atoms with E-state index >= 15 is 0 Å². The first-order valence-corrected chi connectivity index (χ1v) is 9.17. The molecule has 0 bridgehead atoms. The van der Waals surface area contributed by atoms with Crippen LogP contribution < -0.4 is 10.6 Å². The summed E-state index contributed by atoms with van der Waals surface area (Å²) in [6.45, 7) is 9.77. The number of amides is 2. The first kappa shape index (κ1) is 17.0. The lowest BCUT2D eigenvalue weighted by Crippen LogP contribution is -2.38. The zero-order valence-electron chi connectivity index (χ0n) is 14.5. The minimum Gasteiger partial charge on any atom is -0.337 e. The fraction of sp³-hybridized carbons (Fsp3) is 0.529. The third kappa shape index (κ3) is 4.15. The van der Waals surface area contributed by atoms with Gasteiger partial charge in [-0.05, 0) is 44.2 Å². The molecule has 0 aromatic carbocycles. The molecule has 24 heavy (non-hydrogen) atoms. The van der Waals surface area contributed by atoms with Gasteiger partial charge in [-0.15, -0.1) is 11.3 Å². The van der Waals surface area contributed by atoms with Gasteiger partial charge in [0.15, 0.2) is 0 Å². The zero-order chi connectivity index (χ0) is 17.2. The Morgan fingerprint density at radius 1 is 1.42 bits per heavy atom. The highest BCUT2D eigenvalue weighted by atomic mass is 32.1. The second kappa shape index (κ2) is 6.94. The van der Waals surface area contributed by atoms with E-state index in [4.69, 9.17) is 0 Å². The maximum Gasteiger partial charge on any atom is 0.319 e. The van der Waals surface area contributed by atoms with Crippen LogP contribution in [-0.4, -0.2) is 40.3 Å². The molecule has 7 heteroatoms. The summed E-state index contributed by atoms with van der Waals surface area (Å²) in [6, 6.07) is 2.02. The highest BCUT2D eigenvalue weighted by Crippen LogP contribution is 2.23. The van der Waals surface area contributed by atoms with E-state index in [9.17, 15) is 4.79 Å². The highest BCUT2D eigenvalue weighted by Gasteiger charge is 2.17. The summed E-state index contributed by atoms with van der Waals surface area (Å²) in [5.41, 5.74) is 2.05. The van der Waals surface area contributed by atoms with E-state index in [2.05, 4.69) is 52.8 Å². The molecule has 2 N–H and O–H groups in total. The number of carbonyl (C=O) groups excluding carboxylic acids is 1. The smallest absolute Gasteiger partial charge is 0.319 e. The molecule has 1 aliphatic rings. The molecule has 0 radical (unpaired) electrons. The lowest BCUT2D eigenvalue weighted by Gasteiger charge is -2.26. The number of nitrogens with one attached hydrogen (secondary N) is 2. The number of hydrogen-bond donors (Lipinski definition) is 2. The van der Waals surface area contributed by atoms with Crippen LogP contribution in [0.1, 0.15) is 31.2 Å². The van der Waals surface area contributed by atoms with Gasteiger partial charge in [0.2, 0.25) is 0 Å². The Morgan fingerprint density at radius 3 is 3.00 bits per heavy atom. The summed E-state index contributed by atoms with van der Waals surface area (Å²) in [4.78, 5) is 15.9. The van der Waals surface area contributed by atoms with Crippen LogP contribution in [0.5, 0.6) is 0 Å². The molecule has 0 saturated heterocycles. The van der Waals surface area contributed by atoms with Crippen LogP contribution in [0.2, 0.25) is 0 Å². The largest absolute Gasteiger partial charge is 0.337 e. The molecular formula is C17H25N5OS. The van der Waals surface area contributed by atoms with E-state index in [0.717, 1.165) is 26.1 Å². The normalized spacial score (nSPS) is 15.1. The fourth-order valence-corrected chi connectivity index (χ4v) is 3.64. The minimum atomic E-state index is -0.184. The van der Waals surface area contributed by atoms with E-state index in [0.29, 0.717) is 12.2 Å². The van der Waals surface area contributed by atoms with Gasteiger partial charge in [0.1, 0.15) is 0 Å². The van der Waals surface area contributed by atoms with Crippen molar-refractivity contribution in [3.63, 3.8) is 0 Å². The molecule has 1 aliphatic heterocycles. The number of hydrogen-bond acceptors (Lipinski definition) is 4. The Balaban J connectivity index is 1.41. The summed E-state index contributed by atoms with van der Waals surface area (Å²) in [6.07, 6.45) is 4.64. The Kier molecular flexibility index (Phi) is 4.91. The van der Waals surface area contributed by atoms with Gasteiger partial charge in [0.05, 0.1) is 17.4 Å². The predicted octanol–water partition coefficient (Wildman–Crippen LogP) is 2.88. The molecule has 0 fully saturated rings. The number of nitrogens with zero attached hydrogens (tertiary/aromatic N) is 3. The summed E-state index contributed by atoms with van der Waals surface area (Å²) >= 11 is 1.85. The molecule has 2 amide bonds. The molecule has 0 spiro atoms. The van der Waals surface area contributed by atoms with Gasteiger partial charge in [-0.25, -0.2) is 4.79 Å². The van der Waals surface area contributed by atoms with Gasteiger partial charge in [-0.2, -0.15) is 5.10 Å². The molecule has 3 rings (SSSR count). The van der Waals surface area contributed by atoms with E-state index in [1.807, 2.05) is 22.2 Å². The number of urea groups is 1. The molecule has 0 atom stereocenters. The second-order valence-corrected chi connectivity index (χ2v) is 8.12. The summed E-state index contributed by atoms with van der Waals surface area (Å²) in [5.74, 6) is 0. The standard InChI is InChI=1S/C17H25N5OS/c1-17(2,3)22-12-14(10-19-22)20-16(23)18-6-8-21-7-4-15-13(11-21)5-9-24-15/h5,9-10,12H,4,6-8,11H2,1-3H3,(H2,18,20,23). The third-order valence-electron chi connectivity index (χ3n) is 4.13. The summed E-state index contributed by atoms with van der Waals surface area (Å²) in [7, 11) is 0. The SMILES string of the molecule is CC(C)(C)n1cc(NC(=O)NCCN2CCc3sccc3C2)cn1. The zero-order valence-corrected chi connectivity index (χ0v) is 15.3. The van der Waals surface area contributed by atoms with Crippen molar-refractivity contribution < 1.29 is 4.79 Å². The number of carbonyl (C=O) groups is 1. The maximum absolute atomic E-state index is 12.0. The van der Waals surface area contributed by atoms with Crippen molar-refractivity contribution in [1.29, 1.82) is 0 Å². The second-order valence-electron chi connectivity index (χ2n) is 7.12. The van der Waals surface area contributed by atoms with Crippen molar-refractivity contribution in [1.82, 2.24) is 20.0 Å². The minimum absolute atomic E-state index is 0.0921. The lowest BCUT2D eigenvalue weighted by molar-refractivity contribution is 0.239. The number of fused-ring (bicyclic) bond motifs is 1. The van der Waals surface area contributed by atoms with Crippen molar-refractivity contribution in [3.05, 3.63) is 34.3 Å². The van der Waals surface area contributed by atoms with Gasteiger partial charge in [-0.1, -0.05) is 0 Å². The van der Waals surface area contributed by atoms with Crippen LogP contribution >= 0.6 is 11.3 Å². The monoisotopic (exact) mass is 347 g/mol. The first-order chi connectivity index (χ1) is 11.4. The van der Waals surface area contributed by atoms with Gasteiger partial charge in [-0.3, -0.25) is 9.58 Å². The number of aromatic nitrogens is 2. The number of anilines is 1. The third-order valence-corrected chi connectivity index (χ3v) is 5.15. The Bertz CT molecular complexity index is 700. The van der Waals surface area contributed by atoms with Crippen LogP contribution in [0.25, 0.3) is 0 Å². The molecule has 0 unspecified atom stereocenters. The maximum atomic E-state index is 12.0. The topological polar surface area (TPSA) is 62.2 Å². The van der Waals surface area contributed by atoms with Gasteiger partial charge in [0, 0.05) is 37.3 Å². The van der Waals surface area contributed by atoms with Crippen LogP contribution in [-0.2, 0) is 18.5 Å². The highest BCUT2D eigenvalue weighted by molar-refractivity contribution is 7.10. The van der Waals surface area contributed by atoms with E-state index in [1.165, 1.54) is 10.4 Å². The van der Waals surface area contributed by atoms with Crippen LogP contribution in [0.3, 0.4) is 0 Å². The van der Waals surface area contributed by atoms with E-state index < -0.39 is 0 Å². The molecule has 0 saturated carbocycles. The van der Waals surface area contributed by atoms with Crippen LogP contribution in [0.15, 0.2) is 23.8 Å². The molecule has 2 aromatic heterocycles. The number of thiophene rings is 1. The average molecular weight is 347 g/mol. The van der Waals surface area contributed by atoms with Crippen molar-refractivity contribution in [2.24, 2.45) is 0 Å². The van der Waals surface area contributed by atoms with Crippen LogP contribution in [0, 0.1) is 0 Å². The Morgan fingerprint density at radius 2 is 2.25 bits per heavy atom. The van der Waals surface area contributed by atoms with Gasteiger partial charge >= 0.3 is 6.03 Å². The average Bonchev–Trinajstić information content (AvgIpc) is 3.15. The number of rotatable bonds is 4. The van der Waals surface area contributed by atoms with Gasteiger partial charge in [0.25, 0.3) is 0 Å². The quantitative estimate of drug-likeness (QED) is 0.894. The fourth-order valence-electron chi connectivity index (χ4n) is 2.75. The predicted molar refractivity (Wildman–Crippen MR) is 97.5 cm³/mol. The van der Waals surface area contributed by atoms with Crippen molar-refractivity contribution in [2.45, 2.75) is 39.3 Å². The summed E-state index contributed by atoms with van der Waals surface area (Å²) in [5, 5.41) is 12.2. The van der Waals surface area contributed by atoms with Crippen molar-refractivity contribution in [3.8, 4) is 0 Å². The Hall–Kier alpha value is -1.86. The molecular weight excluding hydrogens is 322 g/mol. The van der Waals surface area contributed by atoms with E-state index in [-0.39, 0.29) is 11.6 Å². The molecule has 0 aliphatic carbocycles. The first-order valence-electron chi connectivity index (χ1n) is 8.29. The van der Waals surface area contributed by atoms with Crippen LogP contribution in [0.4, 0.5) is 10.5 Å². The van der Waals surface area contributed by atoms with Crippen molar-refractivity contribution in [2.75, 3.05) is 25.0 Å². The van der Waals surface area contributed by atoms with Gasteiger partial charge < -0.3 is 10.6 Å². The van der Waals surface area contributed by atoms with Crippen molar-refractivity contribution >= 4 is 23.1 Å². The van der Waals surface area contributed by atoms with E-state index in [1.54, 1.807) is 6.20 Å². The summed E-state index contributed by atoms with van der Waals surface area (Å²) < 4.78 is 1.84. The molecule has 2 aromatic rings. The lowest BCUT2D eigenvalue weighted by atomic mass is 10.1. The molecule has 6 nitrogen and oxygen atoms in total. The Labute approximate surface area is 146 Å². The molecule has 3 heterocycles.